The molecule has 0 rings (SSSR count). The van der Waals surface area contributed by atoms with Gasteiger partial charge in [0.2, 0.25) is 0 Å². The average Bonchev–Trinajstić information content (AvgIpc) is 2.14. The third-order valence-electron chi connectivity index (χ3n) is 1.96. The van der Waals surface area contributed by atoms with Crippen LogP contribution in [0, 0.1) is 11.8 Å². The Labute approximate surface area is 91.5 Å². The van der Waals surface area contributed by atoms with E-state index in [2.05, 4.69) is 11.8 Å². The first kappa shape index (κ1) is 14.0. The van der Waals surface area contributed by atoms with E-state index in [9.17, 15) is 4.79 Å². The van der Waals surface area contributed by atoms with Crippen LogP contribution >= 0.6 is 0 Å². The highest BCUT2D eigenvalue weighted by Gasteiger charge is 1.95. The van der Waals surface area contributed by atoms with Gasteiger partial charge in [0.05, 0.1) is 6.10 Å². The first-order chi connectivity index (χ1) is 7.13. The van der Waals surface area contributed by atoms with Gasteiger partial charge in [-0.05, 0) is 19.8 Å². The third-order valence-corrected chi connectivity index (χ3v) is 1.96. The van der Waals surface area contributed by atoms with Crippen molar-refractivity contribution >= 4 is 5.97 Å². The Morgan fingerprint density at radius 2 is 1.87 bits per heavy atom. The van der Waals surface area contributed by atoms with Crippen molar-refractivity contribution in [3.63, 3.8) is 0 Å². The van der Waals surface area contributed by atoms with Crippen LogP contribution < -0.4 is 0 Å². The molecule has 0 aromatic rings. The van der Waals surface area contributed by atoms with E-state index in [1.54, 1.807) is 6.92 Å². The standard InChI is InChI=1S/C12H20O3/c1-11(13)9-7-5-3-2-4-6-8-10-12(14)15/h11,13H,2-4,6,8-10H2,1H3,(H,14,15). The molecule has 3 heteroatoms. The van der Waals surface area contributed by atoms with Crippen molar-refractivity contribution in [2.45, 2.75) is 58.0 Å². The summed E-state index contributed by atoms with van der Waals surface area (Å²) in [6.07, 6.45) is 5.10. The first-order valence-corrected chi connectivity index (χ1v) is 5.48. The van der Waals surface area contributed by atoms with Gasteiger partial charge in [0.15, 0.2) is 0 Å². The molecule has 0 saturated carbocycles. The number of hydrogen-bond donors (Lipinski definition) is 2. The highest BCUT2D eigenvalue weighted by Crippen LogP contribution is 2.04. The summed E-state index contributed by atoms with van der Waals surface area (Å²) in [6, 6.07) is 0. The first-order valence-electron chi connectivity index (χ1n) is 5.48. The van der Waals surface area contributed by atoms with Crippen molar-refractivity contribution in [2.24, 2.45) is 0 Å². The summed E-state index contributed by atoms with van der Waals surface area (Å²) in [5.41, 5.74) is 0. The lowest BCUT2D eigenvalue weighted by Crippen LogP contribution is -1.95. The van der Waals surface area contributed by atoms with Crippen molar-refractivity contribution in [1.29, 1.82) is 0 Å². The van der Waals surface area contributed by atoms with Crippen LogP contribution in [0.2, 0.25) is 0 Å². The molecule has 0 spiro atoms. The van der Waals surface area contributed by atoms with Crippen molar-refractivity contribution in [2.75, 3.05) is 0 Å². The Kier molecular flexibility index (Phi) is 8.90. The van der Waals surface area contributed by atoms with Gasteiger partial charge in [0.1, 0.15) is 0 Å². The molecular weight excluding hydrogens is 192 g/mol. The van der Waals surface area contributed by atoms with E-state index in [4.69, 9.17) is 10.2 Å². The van der Waals surface area contributed by atoms with Crippen LogP contribution in [-0.2, 0) is 4.79 Å². The second-order valence-corrected chi connectivity index (χ2v) is 3.71. The van der Waals surface area contributed by atoms with Gasteiger partial charge in [-0.1, -0.05) is 12.8 Å². The van der Waals surface area contributed by atoms with E-state index in [0.717, 1.165) is 32.1 Å². The Morgan fingerprint density at radius 1 is 1.20 bits per heavy atom. The normalized spacial score (nSPS) is 11.6. The Morgan fingerprint density at radius 3 is 2.47 bits per heavy atom. The van der Waals surface area contributed by atoms with Gasteiger partial charge in [0, 0.05) is 19.3 Å². The number of aliphatic hydroxyl groups is 1. The predicted molar refractivity (Wildman–Crippen MR) is 59.4 cm³/mol. The molecule has 2 N–H and O–H groups in total. The van der Waals surface area contributed by atoms with Gasteiger partial charge in [0.25, 0.3) is 0 Å². The van der Waals surface area contributed by atoms with E-state index in [0.29, 0.717) is 6.42 Å². The zero-order valence-electron chi connectivity index (χ0n) is 9.33. The second kappa shape index (κ2) is 9.54. The van der Waals surface area contributed by atoms with E-state index in [-0.39, 0.29) is 12.5 Å². The summed E-state index contributed by atoms with van der Waals surface area (Å²) in [6.45, 7) is 1.72. The van der Waals surface area contributed by atoms with E-state index < -0.39 is 5.97 Å². The van der Waals surface area contributed by atoms with Gasteiger partial charge >= 0.3 is 5.97 Å². The Balaban J connectivity index is 3.16. The number of hydrogen-bond acceptors (Lipinski definition) is 2. The SMILES string of the molecule is CC(O)CC#CCCCCCCC(=O)O. The average molecular weight is 212 g/mol. The molecule has 0 aliphatic carbocycles. The molecule has 3 nitrogen and oxygen atoms in total. The molecule has 15 heavy (non-hydrogen) atoms. The van der Waals surface area contributed by atoms with Crippen molar-refractivity contribution in [3.05, 3.63) is 0 Å². The minimum Gasteiger partial charge on any atom is -0.481 e. The van der Waals surface area contributed by atoms with Crippen LogP contribution in [0.3, 0.4) is 0 Å². The van der Waals surface area contributed by atoms with Crippen LogP contribution in [0.5, 0.6) is 0 Å². The summed E-state index contributed by atoms with van der Waals surface area (Å²) < 4.78 is 0. The number of rotatable bonds is 7. The fourth-order valence-corrected chi connectivity index (χ4v) is 1.15. The summed E-state index contributed by atoms with van der Waals surface area (Å²) in [5, 5.41) is 17.3. The maximum Gasteiger partial charge on any atom is 0.303 e. The zero-order chi connectivity index (χ0) is 11.5. The van der Waals surface area contributed by atoms with Gasteiger partial charge in [-0.15, -0.1) is 11.8 Å². The van der Waals surface area contributed by atoms with Crippen LogP contribution in [0.15, 0.2) is 0 Å². The van der Waals surface area contributed by atoms with Gasteiger partial charge in [-0.3, -0.25) is 4.79 Å². The quantitative estimate of drug-likeness (QED) is 0.502. The second-order valence-electron chi connectivity index (χ2n) is 3.71. The molecule has 1 unspecified atom stereocenters. The maximum atomic E-state index is 10.2. The summed E-state index contributed by atoms with van der Waals surface area (Å²) >= 11 is 0. The molecule has 0 amide bonds. The minimum absolute atomic E-state index is 0.272. The molecule has 0 saturated heterocycles. The Hall–Kier alpha value is -1.01. The molecule has 0 aliphatic heterocycles. The number of unbranched alkanes of at least 4 members (excludes halogenated alkanes) is 4. The fraction of sp³-hybridized carbons (Fsp3) is 0.750. The van der Waals surface area contributed by atoms with Crippen LogP contribution in [0.25, 0.3) is 0 Å². The molecule has 86 valence electrons. The lowest BCUT2D eigenvalue weighted by molar-refractivity contribution is -0.137. The molecule has 0 aliphatic rings. The predicted octanol–water partition coefficient (Wildman–Crippen LogP) is 2.19. The summed E-state index contributed by atoms with van der Waals surface area (Å²) in [7, 11) is 0. The highest BCUT2D eigenvalue weighted by atomic mass is 16.4. The van der Waals surface area contributed by atoms with E-state index >= 15 is 0 Å². The largest absolute Gasteiger partial charge is 0.481 e. The number of carbonyl (C=O) groups is 1. The molecule has 0 bridgehead atoms. The lowest BCUT2D eigenvalue weighted by atomic mass is 10.1. The van der Waals surface area contributed by atoms with Crippen LogP contribution in [0.4, 0.5) is 0 Å². The number of aliphatic carboxylic acids is 1. The van der Waals surface area contributed by atoms with Crippen molar-refractivity contribution < 1.29 is 15.0 Å². The van der Waals surface area contributed by atoms with Gasteiger partial charge in [-0.25, -0.2) is 0 Å². The number of carboxylic acids is 1. The fourth-order valence-electron chi connectivity index (χ4n) is 1.15. The molecule has 0 radical (unpaired) electrons. The molecule has 0 fully saturated rings. The third kappa shape index (κ3) is 13.0. The van der Waals surface area contributed by atoms with Crippen LogP contribution in [0.1, 0.15) is 51.9 Å². The van der Waals surface area contributed by atoms with Crippen LogP contribution in [-0.4, -0.2) is 22.3 Å². The zero-order valence-corrected chi connectivity index (χ0v) is 9.33. The van der Waals surface area contributed by atoms with Gasteiger partial charge in [-0.2, -0.15) is 0 Å². The summed E-state index contributed by atoms with van der Waals surface area (Å²) in [5.74, 6) is 5.17. The van der Waals surface area contributed by atoms with E-state index in [1.165, 1.54) is 0 Å². The monoisotopic (exact) mass is 212 g/mol. The van der Waals surface area contributed by atoms with E-state index in [1.807, 2.05) is 0 Å². The lowest BCUT2D eigenvalue weighted by Gasteiger charge is -1.96. The number of carboxylic acid groups (broad SMARTS) is 1. The number of aliphatic hydroxyl groups excluding tert-OH is 1. The van der Waals surface area contributed by atoms with Gasteiger partial charge < -0.3 is 10.2 Å². The molecule has 0 heterocycles. The molecular formula is C12H20O3. The summed E-state index contributed by atoms with van der Waals surface area (Å²) in [4.78, 5) is 10.2. The smallest absolute Gasteiger partial charge is 0.303 e. The molecule has 0 aromatic carbocycles. The molecule has 1 atom stereocenters. The minimum atomic E-state index is -0.716. The van der Waals surface area contributed by atoms with Crippen molar-refractivity contribution in [1.82, 2.24) is 0 Å². The Bertz CT molecular complexity index is 223. The topological polar surface area (TPSA) is 57.5 Å². The maximum absolute atomic E-state index is 10.2. The van der Waals surface area contributed by atoms with Crippen molar-refractivity contribution in [3.8, 4) is 11.8 Å². The molecule has 0 aromatic heterocycles. The highest BCUT2D eigenvalue weighted by molar-refractivity contribution is 5.66.